The summed E-state index contributed by atoms with van der Waals surface area (Å²) in [6.45, 7) is 5.82. The number of unbranched alkanes of at least 4 members (excludes halogenated alkanes) is 9. The zero-order valence-corrected chi connectivity index (χ0v) is 15.6. The normalized spacial score (nSPS) is 14.2. The third-order valence-corrected chi connectivity index (χ3v) is 5.30. The molecule has 1 atom stereocenters. The van der Waals surface area contributed by atoms with Crippen molar-refractivity contribution in [3.05, 3.63) is 0 Å². The van der Waals surface area contributed by atoms with Crippen LogP contribution < -0.4 is 5.73 Å². The molecular weight excluding hydrogens is 298 g/mol. The van der Waals surface area contributed by atoms with Crippen molar-refractivity contribution in [2.75, 3.05) is 0 Å². The second kappa shape index (κ2) is 11.4. The molecule has 3 N–H and O–H groups in total. The Balaban J connectivity index is 3.74. The van der Waals surface area contributed by atoms with E-state index in [1.807, 2.05) is 0 Å². The number of hydrogen-bond donors (Lipinski definition) is 2. The first-order chi connectivity index (χ1) is 10.2. The van der Waals surface area contributed by atoms with Crippen LogP contribution in [0.2, 0.25) is 0 Å². The minimum absolute atomic E-state index is 0.309. The predicted molar refractivity (Wildman–Crippen MR) is 94.7 cm³/mol. The van der Waals surface area contributed by atoms with Crippen LogP contribution in [-0.4, -0.2) is 23.8 Å². The van der Waals surface area contributed by atoms with Crippen molar-refractivity contribution in [3.63, 3.8) is 0 Å². The third-order valence-electron chi connectivity index (χ3n) is 4.05. The molecule has 22 heavy (non-hydrogen) atoms. The standard InChI is InChI=1S/C17H37NO3S/c1-4-5-6-7-8-9-10-11-12-13-14-16(22(19,20)21)15-17(2,3)18/h16H,4-15,18H2,1-3H3,(H,19,20,21). The first kappa shape index (κ1) is 21.9. The topological polar surface area (TPSA) is 80.4 Å². The second-order valence-electron chi connectivity index (χ2n) is 7.30. The molecule has 0 aliphatic rings. The van der Waals surface area contributed by atoms with Gasteiger partial charge in [-0.1, -0.05) is 71.1 Å². The summed E-state index contributed by atoms with van der Waals surface area (Å²) < 4.78 is 32.1. The molecule has 0 radical (unpaired) electrons. The van der Waals surface area contributed by atoms with Gasteiger partial charge in [0.05, 0.1) is 5.25 Å². The van der Waals surface area contributed by atoms with Gasteiger partial charge in [-0.05, 0) is 26.7 Å². The number of rotatable bonds is 14. The number of hydrogen-bond acceptors (Lipinski definition) is 3. The van der Waals surface area contributed by atoms with Crippen LogP contribution in [0.5, 0.6) is 0 Å². The molecule has 0 aromatic heterocycles. The zero-order chi connectivity index (χ0) is 17.1. The van der Waals surface area contributed by atoms with Crippen molar-refractivity contribution in [2.45, 2.75) is 109 Å². The SMILES string of the molecule is CCCCCCCCCCCCC(CC(C)(C)N)S(=O)(=O)O. The highest BCUT2D eigenvalue weighted by molar-refractivity contribution is 7.86. The van der Waals surface area contributed by atoms with Crippen molar-refractivity contribution < 1.29 is 13.0 Å². The van der Waals surface area contributed by atoms with Crippen LogP contribution in [-0.2, 0) is 10.1 Å². The molecule has 0 fully saturated rings. The lowest BCUT2D eigenvalue weighted by atomic mass is 9.96. The minimum atomic E-state index is -3.99. The average molecular weight is 336 g/mol. The molecule has 0 saturated heterocycles. The van der Waals surface area contributed by atoms with E-state index in [9.17, 15) is 13.0 Å². The van der Waals surface area contributed by atoms with Gasteiger partial charge in [0.2, 0.25) is 0 Å². The molecule has 134 valence electrons. The summed E-state index contributed by atoms with van der Waals surface area (Å²) in [4.78, 5) is 0. The fourth-order valence-corrected chi connectivity index (χ4v) is 3.91. The van der Waals surface area contributed by atoms with Crippen LogP contribution >= 0.6 is 0 Å². The molecule has 1 unspecified atom stereocenters. The highest BCUT2D eigenvalue weighted by Crippen LogP contribution is 2.20. The lowest BCUT2D eigenvalue weighted by Crippen LogP contribution is -2.38. The summed E-state index contributed by atoms with van der Waals surface area (Å²) in [6, 6.07) is 0. The molecule has 4 nitrogen and oxygen atoms in total. The van der Waals surface area contributed by atoms with E-state index in [4.69, 9.17) is 5.73 Å². The van der Waals surface area contributed by atoms with Crippen LogP contribution in [0.3, 0.4) is 0 Å². The number of nitrogens with two attached hydrogens (primary N) is 1. The molecule has 0 rings (SSSR count). The van der Waals surface area contributed by atoms with E-state index in [0.717, 1.165) is 19.3 Å². The predicted octanol–water partition coefficient (Wildman–Crippen LogP) is 4.68. The molecule has 0 aromatic rings. The largest absolute Gasteiger partial charge is 0.326 e. The fourth-order valence-electron chi connectivity index (χ4n) is 2.80. The van der Waals surface area contributed by atoms with Crippen LogP contribution in [0, 0.1) is 0 Å². The maximum atomic E-state index is 11.4. The molecule has 0 aliphatic carbocycles. The van der Waals surface area contributed by atoms with Gasteiger partial charge >= 0.3 is 0 Å². The van der Waals surface area contributed by atoms with E-state index >= 15 is 0 Å². The van der Waals surface area contributed by atoms with Gasteiger partial charge in [-0.2, -0.15) is 8.42 Å². The minimum Gasteiger partial charge on any atom is -0.326 e. The summed E-state index contributed by atoms with van der Waals surface area (Å²) in [6.07, 6.45) is 13.0. The molecule has 0 spiro atoms. The Hall–Kier alpha value is -0.130. The highest BCUT2D eigenvalue weighted by atomic mass is 32.2. The maximum Gasteiger partial charge on any atom is 0.267 e. The smallest absolute Gasteiger partial charge is 0.267 e. The summed E-state index contributed by atoms with van der Waals surface area (Å²) in [7, 11) is -3.99. The zero-order valence-electron chi connectivity index (χ0n) is 14.8. The van der Waals surface area contributed by atoms with Gasteiger partial charge in [0.25, 0.3) is 10.1 Å². The summed E-state index contributed by atoms with van der Waals surface area (Å²) in [5.41, 5.74) is 5.31. The Labute approximate surface area is 138 Å². The van der Waals surface area contributed by atoms with E-state index in [0.29, 0.717) is 12.8 Å². The van der Waals surface area contributed by atoms with Crippen LogP contribution in [0.4, 0.5) is 0 Å². The molecule has 5 heteroatoms. The Bertz CT molecular complexity index is 361. The van der Waals surface area contributed by atoms with E-state index in [1.165, 1.54) is 44.9 Å². The highest BCUT2D eigenvalue weighted by Gasteiger charge is 2.28. The molecule has 0 heterocycles. The van der Waals surface area contributed by atoms with Gasteiger partial charge in [0.15, 0.2) is 0 Å². The molecule has 0 bridgehead atoms. The Morgan fingerprint density at radius 3 is 1.68 bits per heavy atom. The van der Waals surface area contributed by atoms with E-state index in [-0.39, 0.29) is 0 Å². The Kier molecular flexibility index (Phi) is 11.3. The van der Waals surface area contributed by atoms with Crippen molar-refractivity contribution in [1.82, 2.24) is 0 Å². The van der Waals surface area contributed by atoms with Gasteiger partial charge in [-0.25, -0.2) is 0 Å². The third kappa shape index (κ3) is 13.5. The molecule has 0 saturated carbocycles. The van der Waals surface area contributed by atoms with Crippen LogP contribution in [0.1, 0.15) is 97.8 Å². The van der Waals surface area contributed by atoms with Crippen LogP contribution in [0.25, 0.3) is 0 Å². The Morgan fingerprint density at radius 1 is 0.909 bits per heavy atom. The van der Waals surface area contributed by atoms with E-state index in [2.05, 4.69) is 6.92 Å². The average Bonchev–Trinajstić information content (AvgIpc) is 2.37. The van der Waals surface area contributed by atoms with Crippen LogP contribution in [0.15, 0.2) is 0 Å². The Morgan fingerprint density at radius 2 is 1.32 bits per heavy atom. The second-order valence-corrected chi connectivity index (χ2v) is 9.00. The maximum absolute atomic E-state index is 11.4. The van der Waals surface area contributed by atoms with Crippen molar-refractivity contribution in [2.24, 2.45) is 5.73 Å². The summed E-state index contributed by atoms with van der Waals surface area (Å²) in [5.74, 6) is 0. The van der Waals surface area contributed by atoms with Gasteiger partial charge in [-0.15, -0.1) is 0 Å². The van der Waals surface area contributed by atoms with Gasteiger partial charge in [0, 0.05) is 5.54 Å². The molecular formula is C17H37NO3S. The van der Waals surface area contributed by atoms with Crippen molar-refractivity contribution in [1.29, 1.82) is 0 Å². The lowest BCUT2D eigenvalue weighted by Gasteiger charge is -2.24. The van der Waals surface area contributed by atoms with Crippen molar-refractivity contribution >= 4 is 10.1 Å². The quantitative estimate of drug-likeness (QED) is 0.357. The molecule has 0 amide bonds. The summed E-state index contributed by atoms with van der Waals surface area (Å²) in [5, 5.41) is -0.721. The van der Waals surface area contributed by atoms with E-state index < -0.39 is 20.9 Å². The first-order valence-corrected chi connectivity index (χ1v) is 10.4. The van der Waals surface area contributed by atoms with Gasteiger partial charge in [0.1, 0.15) is 0 Å². The monoisotopic (exact) mass is 335 g/mol. The summed E-state index contributed by atoms with van der Waals surface area (Å²) >= 11 is 0. The fraction of sp³-hybridized carbons (Fsp3) is 1.00. The van der Waals surface area contributed by atoms with Gasteiger partial charge in [-0.3, -0.25) is 4.55 Å². The first-order valence-electron chi connectivity index (χ1n) is 8.92. The molecule has 0 aliphatic heterocycles. The lowest BCUT2D eigenvalue weighted by molar-refractivity contribution is 0.401. The van der Waals surface area contributed by atoms with Crippen molar-refractivity contribution in [3.8, 4) is 0 Å². The van der Waals surface area contributed by atoms with Gasteiger partial charge < -0.3 is 5.73 Å². The molecule has 0 aromatic carbocycles. The van der Waals surface area contributed by atoms with E-state index in [1.54, 1.807) is 13.8 Å².